The SMILES string of the molecule is CC(C)OC(=O)Cn1cc(Nc2ncc3ccn(C[C@@H](CCCl)C(C)C)c3n2)cn1. The van der Waals surface area contributed by atoms with Crippen LogP contribution in [0.1, 0.15) is 34.1 Å². The Morgan fingerprint density at radius 3 is 2.77 bits per heavy atom. The highest BCUT2D eigenvalue weighted by atomic mass is 35.5. The van der Waals surface area contributed by atoms with Gasteiger partial charge in [0.15, 0.2) is 0 Å². The molecule has 0 fully saturated rings. The largest absolute Gasteiger partial charge is 0.462 e. The normalized spacial score (nSPS) is 12.6. The number of carbonyl (C=O) groups excluding carboxylic acids is 1. The van der Waals surface area contributed by atoms with Gasteiger partial charge in [0, 0.05) is 36.4 Å². The highest BCUT2D eigenvalue weighted by molar-refractivity contribution is 6.17. The summed E-state index contributed by atoms with van der Waals surface area (Å²) in [4.78, 5) is 20.9. The summed E-state index contributed by atoms with van der Waals surface area (Å²) in [5.41, 5.74) is 1.58. The molecule has 0 aliphatic heterocycles. The summed E-state index contributed by atoms with van der Waals surface area (Å²) < 4.78 is 8.82. The monoisotopic (exact) mass is 432 g/mol. The molecule has 0 bridgehead atoms. The van der Waals surface area contributed by atoms with E-state index in [-0.39, 0.29) is 18.6 Å². The molecular formula is C21H29ClN6O2. The summed E-state index contributed by atoms with van der Waals surface area (Å²) in [5.74, 6) is 1.82. The van der Waals surface area contributed by atoms with Crippen molar-refractivity contribution in [1.29, 1.82) is 0 Å². The van der Waals surface area contributed by atoms with Crippen molar-refractivity contribution in [3.05, 3.63) is 30.9 Å². The molecule has 0 aromatic carbocycles. The molecule has 0 amide bonds. The van der Waals surface area contributed by atoms with E-state index in [1.807, 2.05) is 26.1 Å². The highest BCUT2D eigenvalue weighted by Gasteiger charge is 2.16. The predicted octanol–water partition coefficient (Wildman–Crippen LogP) is 4.22. The molecule has 1 N–H and O–H groups in total. The van der Waals surface area contributed by atoms with Crippen LogP contribution in [0.15, 0.2) is 30.9 Å². The van der Waals surface area contributed by atoms with Crippen molar-refractivity contribution < 1.29 is 9.53 Å². The Bertz CT molecular complexity index is 981. The summed E-state index contributed by atoms with van der Waals surface area (Å²) in [6.45, 7) is 8.99. The topological polar surface area (TPSA) is 86.9 Å². The van der Waals surface area contributed by atoms with Crippen molar-refractivity contribution in [2.45, 2.75) is 53.3 Å². The van der Waals surface area contributed by atoms with Crippen LogP contribution in [0.25, 0.3) is 11.0 Å². The molecule has 30 heavy (non-hydrogen) atoms. The van der Waals surface area contributed by atoms with Gasteiger partial charge in [0.25, 0.3) is 0 Å². The second-order valence-corrected chi connectivity index (χ2v) is 8.39. The van der Waals surface area contributed by atoms with Crippen molar-refractivity contribution >= 4 is 40.2 Å². The number of hydrogen-bond acceptors (Lipinski definition) is 6. The van der Waals surface area contributed by atoms with Gasteiger partial charge in [-0.1, -0.05) is 13.8 Å². The van der Waals surface area contributed by atoms with E-state index in [1.165, 1.54) is 4.68 Å². The van der Waals surface area contributed by atoms with Crippen LogP contribution in [0.3, 0.4) is 0 Å². The van der Waals surface area contributed by atoms with Crippen LogP contribution in [-0.4, -0.2) is 42.3 Å². The molecule has 8 nitrogen and oxygen atoms in total. The quantitative estimate of drug-likeness (QED) is 0.381. The number of halogens is 1. The van der Waals surface area contributed by atoms with Crippen LogP contribution >= 0.6 is 11.6 Å². The molecule has 9 heteroatoms. The molecule has 0 spiro atoms. The molecule has 0 saturated heterocycles. The number of nitrogens with zero attached hydrogens (tertiary/aromatic N) is 5. The molecule has 3 aromatic heterocycles. The average Bonchev–Trinajstić information content (AvgIpc) is 3.27. The van der Waals surface area contributed by atoms with Crippen molar-refractivity contribution in [2.24, 2.45) is 11.8 Å². The van der Waals surface area contributed by atoms with Crippen LogP contribution in [0, 0.1) is 11.8 Å². The van der Waals surface area contributed by atoms with Crippen molar-refractivity contribution in [1.82, 2.24) is 24.3 Å². The van der Waals surface area contributed by atoms with Crippen molar-refractivity contribution in [3.8, 4) is 0 Å². The first-order valence-corrected chi connectivity index (χ1v) is 10.8. The smallest absolute Gasteiger partial charge is 0.328 e. The third kappa shape index (κ3) is 5.72. The number of rotatable bonds is 10. The second-order valence-electron chi connectivity index (χ2n) is 8.01. The minimum Gasteiger partial charge on any atom is -0.462 e. The van der Waals surface area contributed by atoms with Gasteiger partial charge >= 0.3 is 5.97 Å². The van der Waals surface area contributed by atoms with Gasteiger partial charge < -0.3 is 14.6 Å². The van der Waals surface area contributed by atoms with Gasteiger partial charge in [-0.15, -0.1) is 11.6 Å². The molecule has 3 rings (SSSR count). The van der Waals surface area contributed by atoms with E-state index in [0.29, 0.717) is 29.4 Å². The maximum Gasteiger partial charge on any atom is 0.328 e. The third-order valence-corrected chi connectivity index (χ3v) is 5.12. The van der Waals surface area contributed by atoms with Crippen molar-refractivity contribution in [2.75, 3.05) is 11.2 Å². The Morgan fingerprint density at radius 1 is 1.27 bits per heavy atom. The van der Waals surface area contributed by atoms with Crippen LogP contribution in [0.5, 0.6) is 0 Å². The molecule has 3 aromatic rings. The fourth-order valence-electron chi connectivity index (χ4n) is 3.28. The van der Waals surface area contributed by atoms with Gasteiger partial charge in [-0.2, -0.15) is 10.1 Å². The van der Waals surface area contributed by atoms with Gasteiger partial charge in [0.05, 0.1) is 18.0 Å². The number of anilines is 2. The number of esters is 1. The standard InChI is InChI=1S/C21H29ClN6O2/c1-14(2)17(5-7-22)11-27-8-6-16-9-23-21(26-20(16)27)25-18-10-24-28(12-18)13-19(29)30-15(3)4/h6,8-10,12,14-15,17H,5,7,11,13H2,1-4H3,(H,23,25,26)/t17-/m1/s1. The molecule has 1 atom stereocenters. The Hall–Kier alpha value is -2.61. The molecule has 0 aliphatic carbocycles. The van der Waals surface area contributed by atoms with E-state index in [9.17, 15) is 4.79 Å². The molecule has 0 radical (unpaired) electrons. The average molecular weight is 433 g/mol. The fourth-order valence-corrected chi connectivity index (χ4v) is 3.56. The number of ether oxygens (including phenoxy) is 1. The Labute approximate surface area is 181 Å². The van der Waals surface area contributed by atoms with Gasteiger partial charge in [-0.3, -0.25) is 9.48 Å². The first-order valence-electron chi connectivity index (χ1n) is 10.2. The summed E-state index contributed by atoms with van der Waals surface area (Å²) >= 11 is 5.99. The zero-order valence-corrected chi connectivity index (χ0v) is 18.6. The fraction of sp³-hybridized carbons (Fsp3) is 0.524. The van der Waals surface area contributed by atoms with E-state index in [2.05, 4.69) is 33.8 Å². The number of aromatic nitrogens is 5. The zero-order chi connectivity index (χ0) is 21.7. The third-order valence-electron chi connectivity index (χ3n) is 4.90. The molecule has 162 valence electrons. The van der Waals surface area contributed by atoms with E-state index >= 15 is 0 Å². The number of nitrogens with one attached hydrogen (secondary N) is 1. The first-order chi connectivity index (χ1) is 14.4. The van der Waals surface area contributed by atoms with Crippen LogP contribution < -0.4 is 5.32 Å². The lowest BCUT2D eigenvalue weighted by Crippen LogP contribution is -2.17. The molecule has 0 unspecified atom stereocenters. The van der Waals surface area contributed by atoms with Crippen LogP contribution in [-0.2, 0) is 22.6 Å². The highest BCUT2D eigenvalue weighted by Crippen LogP contribution is 2.23. The van der Waals surface area contributed by atoms with Gasteiger partial charge in [0.1, 0.15) is 12.2 Å². The van der Waals surface area contributed by atoms with E-state index in [0.717, 1.165) is 24.0 Å². The van der Waals surface area contributed by atoms with Gasteiger partial charge in [0.2, 0.25) is 5.95 Å². The van der Waals surface area contributed by atoms with E-state index in [1.54, 1.807) is 18.6 Å². The Morgan fingerprint density at radius 2 is 2.07 bits per heavy atom. The number of fused-ring (bicyclic) bond motifs is 1. The Balaban J connectivity index is 1.72. The summed E-state index contributed by atoms with van der Waals surface area (Å²) in [6.07, 6.45) is 8.02. The molecule has 0 aliphatic rings. The van der Waals surface area contributed by atoms with Gasteiger partial charge in [-0.05, 0) is 38.2 Å². The molecule has 0 saturated carbocycles. The maximum atomic E-state index is 11.8. The molecular weight excluding hydrogens is 404 g/mol. The lowest BCUT2D eigenvalue weighted by molar-refractivity contribution is -0.148. The summed E-state index contributed by atoms with van der Waals surface area (Å²) in [7, 11) is 0. The number of carbonyl (C=O) groups is 1. The zero-order valence-electron chi connectivity index (χ0n) is 17.9. The Kier molecular flexibility index (Phi) is 7.31. The minimum atomic E-state index is -0.327. The first kappa shape index (κ1) is 22.1. The van der Waals surface area contributed by atoms with E-state index < -0.39 is 0 Å². The minimum absolute atomic E-state index is 0.0553. The van der Waals surface area contributed by atoms with Crippen LogP contribution in [0.2, 0.25) is 0 Å². The maximum absolute atomic E-state index is 11.8. The molecule has 3 heterocycles. The second kappa shape index (κ2) is 9.93. The summed E-state index contributed by atoms with van der Waals surface area (Å²) in [5, 5.41) is 8.33. The van der Waals surface area contributed by atoms with Crippen molar-refractivity contribution in [3.63, 3.8) is 0 Å². The number of alkyl halides is 1. The number of hydrogen-bond donors (Lipinski definition) is 1. The van der Waals surface area contributed by atoms with Gasteiger partial charge in [-0.25, -0.2) is 4.98 Å². The lowest BCUT2D eigenvalue weighted by Gasteiger charge is -2.20. The summed E-state index contributed by atoms with van der Waals surface area (Å²) in [6, 6.07) is 2.02. The predicted molar refractivity (Wildman–Crippen MR) is 118 cm³/mol. The lowest BCUT2D eigenvalue weighted by atomic mass is 9.93. The van der Waals surface area contributed by atoms with E-state index in [4.69, 9.17) is 21.3 Å². The van der Waals surface area contributed by atoms with Crippen LogP contribution in [0.4, 0.5) is 11.6 Å².